The third-order valence-corrected chi connectivity index (χ3v) is 7.16. The second-order valence-electron chi connectivity index (χ2n) is 9.73. The average Bonchev–Trinajstić information content (AvgIpc) is 2.92. The summed E-state index contributed by atoms with van der Waals surface area (Å²) in [4.78, 5) is 12.2. The van der Waals surface area contributed by atoms with Crippen LogP contribution in [-0.4, -0.2) is 16.2 Å². The summed E-state index contributed by atoms with van der Waals surface area (Å²) in [6.07, 6.45) is 0.521. The monoisotopic (exact) mass is 498 g/mol. The van der Waals surface area contributed by atoms with Crippen LogP contribution in [0.25, 0.3) is 43.4 Å². The van der Waals surface area contributed by atoms with Crippen molar-refractivity contribution in [3.63, 3.8) is 0 Å². The van der Waals surface area contributed by atoms with Crippen LogP contribution >= 0.6 is 0 Å². The van der Waals surface area contributed by atoms with Gasteiger partial charge in [0.05, 0.1) is 0 Å². The summed E-state index contributed by atoms with van der Waals surface area (Å²) >= 11 is 0. The third-order valence-electron chi connectivity index (χ3n) is 7.16. The third kappa shape index (κ3) is 4.10. The topological polar surface area (TPSA) is 66.8 Å². The first-order valence-electron chi connectivity index (χ1n) is 12.6. The van der Waals surface area contributed by atoms with E-state index in [1.807, 2.05) is 104 Å². The molecule has 0 saturated carbocycles. The maximum atomic E-state index is 12.2. The highest BCUT2D eigenvalue weighted by molar-refractivity contribution is 5.99. The Kier molecular flexibility index (Phi) is 5.73. The van der Waals surface area contributed by atoms with E-state index >= 15 is 0 Å². The maximum absolute atomic E-state index is 12.2. The molecule has 0 unspecified atom stereocenters. The Hall–Kier alpha value is -4.83. The lowest BCUT2D eigenvalue weighted by Gasteiger charge is -2.15. The first-order chi connectivity index (χ1) is 18.4. The van der Waals surface area contributed by atoms with Crippen molar-refractivity contribution >= 4 is 38.3 Å². The Bertz CT molecular complexity index is 1880. The molecule has 6 aromatic carbocycles. The Morgan fingerprint density at radius 3 is 2.24 bits per heavy atom. The number of carbonyl (C=O) groups excluding carboxylic acids is 1. The van der Waals surface area contributed by atoms with Crippen molar-refractivity contribution < 1.29 is 19.7 Å². The molecule has 0 bridgehead atoms. The fraction of sp³-hybridized carbons (Fsp3) is 0.0882. The van der Waals surface area contributed by atoms with Gasteiger partial charge in [0.2, 0.25) is 0 Å². The van der Waals surface area contributed by atoms with Crippen LogP contribution in [0.2, 0.25) is 0 Å². The van der Waals surface area contributed by atoms with Gasteiger partial charge in [-0.1, -0.05) is 84.9 Å². The fourth-order valence-electron chi connectivity index (χ4n) is 5.19. The van der Waals surface area contributed by atoms with Gasteiger partial charge in [-0.3, -0.25) is 4.79 Å². The van der Waals surface area contributed by atoms with Crippen LogP contribution < -0.4 is 4.74 Å². The number of esters is 1. The average molecular weight is 499 g/mol. The number of ether oxygens (including phenoxy) is 1. The predicted octanol–water partition coefficient (Wildman–Crippen LogP) is 8.05. The van der Waals surface area contributed by atoms with Gasteiger partial charge in [-0.2, -0.15) is 0 Å². The second-order valence-corrected chi connectivity index (χ2v) is 9.73. The molecule has 0 heterocycles. The summed E-state index contributed by atoms with van der Waals surface area (Å²) in [5, 5.41) is 26.9. The molecule has 0 aliphatic carbocycles. The van der Waals surface area contributed by atoms with Gasteiger partial charge < -0.3 is 14.9 Å². The fourth-order valence-corrected chi connectivity index (χ4v) is 5.19. The first-order valence-corrected chi connectivity index (χ1v) is 12.6. The Morgan fingerprint density at radius 1 is 0.711 bits per heavy atom. The predicted molar refractivity (Wildman–Crippen MR) is 153 cm³/mol. The Morgan fingerprint density at radius 2 is 1.39 bits per heavy atom. The number of aromatic hydroxyl groups is 2. The number of hydrogen-bond acceptors (Lipinski definition) is 4. The van der Waals surface area contributed by atoms with Gasteiger partial charge in [0.25, 0.3) is 0 Å². The highest BCUT2D eigenvalue weighted by atomic mass is 16.5. The van der Waals surface area contributed by atoms with Crippen molar-refractivity contribution in [2.75, 3.05) is 0 Å². The molecule has 0 fully saturated rings. The molecule has 4 heteroatoms. The summed E-state index contributed by atoms with van der Waals surface area (Å²) in [6, 6.07) is 31.5. The van der Waals surface area contributed by atoms with E-state index in [-0.39, 0.29) is 11.5 Å². The van der Waals surface area contributed by atoms with Crippen LogP contribution in [-0.2, 0) is 11.2 Å². The van der Waals surface area contributed by atoms with E-state index in [4.69, 9.17) is 4.74 Å². The molecule has 6 aromatic rings. The highest BCUT2D eigenvalue weighted by Gasteiger charge is 2.16. The normalized spacial score (nSPS) is 11.3. The number of benzene rings is 6. The lowest BCUT2D eigenvalue weighted by Crippen LogP contribution is -2.05. The van der Waals surface area contributed by atoms with E-state index in [1.165, 1.54) is 6.92 Å². The number of carbonyl (C=O) groups is 1. The lowest BCUT2D eigenvalue weighted by atomic mass is 9.94. The number of phenols is 2. The standard InChI is InChI=1S/C34H26O4/c1-20-7-9-24-10-8-22(18-30(24)32(20)36)17-27-14-12-25-11-13-26(19-31(25)34(27)38-21(2)35)29-16-15-23-5-3-4-6-28(23)33(29)37/h3-16,18-19,36-37H,17H2,1-2H3. The molecule has 186 valence electrons. The van der Waals surface area contributed by atoms with Gasteiger partial charge in [-0.05, 0) is 57.5 Å². The van der Waals surface area contributed by atoms with Gasteiger partial charge >= 0.3 is 5.97 Å². The highest BCUT2D eigenvalue weighted by Crippen LogP contribution is 2.40. The largest absolute Gasteiger partial charge is 0.507 e. The number of hydrogen-bond donors (Lipinski definition) is 2. The molecular weight excluding hydrogens is 472 g/mol. The minimum absolute atomic E-state index is 0.221. The Balaban J connectivity index is 1.49. The van der Waals surface area contributed by atoms with E-state index in [2.05, 4.69) is 0 Å². The number of phenolic OH excluding ortho intramolecular Hbond substituents is 2. The minimum atomic E-state index is -0.399. The van der Waals surface area contributed by atoms with Gasteiger partial charge in [0.15, 0.2) is 0 Å². The first kappa shape index (κ1) is 23.6. The Labute approximate surface area is 220 Å². The maximum Gasteiger partial charge on any atom is 0.308 e. The number of aryl methyl sites for hydroxylation is 1. The lowest BCUT2D eigenvalue weighted by molar-refractivity contribution is -0.131. The molecule has 0 aliphatic rings. The molecule has 38 heavy (non-hydrogen) atoms. The molecule has 0 aliphatic heterocycles. The van der Waals surface area contributed by atoms with Crippen LogP contribution in [0.1, 0.15) is 23.6 Å². The summed E-state index contributed by atoms with van der Waals surface area (Å²) < 4.78 is 5.80. The van der Waals surface area contributed by atoms with Crippen LogP contribution in [0, 0.1) is 6.92 Å². The molecule has 0 spiro atoms. The second kappa shape index (κ2) is 9.24. The van der Waals surface area contributed by atoms with Crippen molar-refractivity contribution in [3.8, 4) is 28.4 Å². The van der Waals surface area contributed by atoms with Crippen molar-refractivity contribution in [3.05, 3.63) is 114 Å². The minimum Gasteiger partial charge on any atom is -0.507 e. The zero-order valence-corrected chi connectivity index (χ0v) is 21.2. The van der Waals surface area contributed by atoms with Crippen LogP contribution in [0.15, 0.2) is 97.1 Å². The van der Waals surface area contributed by atoms with Crippen molar-refractivity contribution in [2.45, 2.75) is 20.3 Å². The molecule has 0 amide bonds. The quantitative estimate of drug-likeness (QED) is 0.191. The molecule has 2 N–H and O–H groups in total. The molecule has 0 aromatic heterocycles. The van der Waals surface area contributed by atoms with Crippen LogP contribution in [0.5, 0.6) is 17.2 Å². The molecule has 0 atom stereocenters. The van der Waals surface area contributed by atoms with Gasteiger partial charge in [0.1, 0.15) is 17.2 Å². The van der Waals surface area contributed by atoms with Crippen molar-refractivity contribution in [2.24, 2.45) is 0 Å². The van der Waals surface area contributed by atoms with Crippen LogP contribution in [0.4, 0.5) is 0 Å². The summed E-state index contributed by atoms with van der Waals surface area (Å²) in [7, 11) is 0. The summed E-state index contributed by atoms with van der Waals surface area (Å²) in [6.45, 7) is 3.28. The van der Waals surface area contributed by atoms with Gasteiger partial charge in [-0.15, -0.1) is 0 Å². The van der Waals surface area contributed by atoms with E-state index in [9.17, 15) is 15.0 Å². The SMILES string of the molecule is CC(=O)Oc1c(Cc2ccc3ccc(C)c(O)c3c2)ccc2ccc(-c3ccc4ccccc4c3O)cc12. The molecule has 4 nitrogen and oxygen atoms in total. The van der Waals surface area contributed by atoms with E-state index in [1.54, 1.807) is 0 Å². The van der Waals surface area contributed by atoms with Gasteiger partial charge in [0, 0.05) is 35.1 Å². The molecule has 6 rings (SSSR count). The number of rotatable bonds is 4. The zero-order valence-electron chi connectivity index (χ0n) is 21.2. The smallest absolute Gasteiger partial charge is 0.308 e. The van der Waals surface area contributed by atoms with E-state index in [0.717, 1.165) is 54.6 Å². The van der Waals surface area contributed by atoms with E-state index < -0.39 is 5.97 Å². The van der Waals surface area contributed by atoms with Crippen molar-refractivity contribution in [1.29, 1.82) is 0 Å². The van der Waals surface area contributed by atoms with E-state index in [0.29, 0.717) is 17.7 Å². The van der Waals surface area contributed by atoms with Crippen LogP contribution in [0.3, 0.4) is 0 Å². The summed E-state index contributed by atoms with van der Waals surface area (Å²) in [5.41, 5.74) is 4.22. The molecular formula is C34H26O4. The van der Waals surface area contributed by atoms with Crippen molar-refractivity contribution in [1.82, 2.24) is 0 Å². The van der Waals surface area contributed by atoms with Gasteiger partial charge in [-0.25, -0.2) is 0 Å². The summed E-state index contributed by atoms with van der Waals surface area (Å²) in [5.74, 6) is 0.608. The molecule has 0 radical (unpaired) electrons. The number of fused-ring (bicyclic) bond motifs is 3. The zero-order chi connectivity index (χ0) is 26.4. The molecule has 0 saturated heterocycles.